The first-order valence-corrected chi connectivity index (χ1v) is 4.52. The van der Waals surface area contributed by atoms with Crippen LogP contribution in [0.25, 0.3) is 0 Å². The van der Waals surface area contributed by atoms with E-state index in [-0.39, 0.29) is 23.4 Å². The molecule has 16 heavy (non-hydrogen) atoms. The van der Waals surface area contributed by atoms with E-state index in [1.807, 2.05) is 0 Å². The van der Waals surface area contributed by atoms with Crippen LogP contribution in [0.4, 0.5) is 5.69 Å². The van der Waals surface area contributed by atoms with E-state index >= 15 is 0 Å². The second-order valence-corrected chi connectivity index (χ2v) is 3.31. The summed E-state index contributed by atoms with van der Waals surface area (Å²) in [7, 11) is 0. The average Bonchev–Trinajstić information content (AvgIpc) is 2.21. The number of hydrogen-bond acceptors (Lipinski definition) is 5. The largest absolute Gasteiger partial charge is 0.506 e. The first-order valence-electron chi connectivity index (χ1n) is 4.52. The molecule has 1 unspecified atom stereocenters. The summed E-state index contributed by atoms with van der Waals surface area (Å²) in [6.07, 6.45) is -0.358. The lowest BCUT2D eigenvalue weighted by Crippen LogP contribution is -2.32. The van der Waals surface area contributed by atoms with Crippen molar-refractivity contribution >= 4 is 17.4 Å². The van der Waals surface area contributed by atoms with Crippen molar-refractivity contribution in [3.63, 3.8) is 0 Å². The molecular weight excluding hydrogens is 218 g/mol. The molecule has 0 aliphatic heterocycles. The number of anilines is 1. The molecule has 0 saturated carbocycles. The fourth-order valence-electron chi connectivity index (χ4n) is 1.19. The number of hydrogen-bond donors (Lipinski definition) is 4. The average molecular weight is 230 g/mol. The van der Waals surface area contributed by atoms with Gasteiger partial charge in [-0.05, 0) is 12.1 Å². The highest BCUT2D eigenvalue weighted by atomic mass is 16.4. The van der Waals surface area contributed by atoms with Crippen LogP contribution in [0.15, 0.2) is 18.2 Å². The number of Topliss-reactive ketones (excluding diaryl/α,β-unsaturated/α-hetero) is 1. The van der Waals surface area contributed by atoms with Crippen molar-refractivity contribution in [1.82, 2.24) is 0 Å². The van der Waals surface area contributed by atoms with Crippen molar-refractivity contribution in [3.8, 4) is 5.75 Å². The molecular formula is C10H12N2O4. The van der Waals surface area contributed by atoms with Crippen LogP contribution in [0.5, 0.6) is 5.75 Å². The molecule has 0 spiro atoms. The van der Waals surface area contributed by atoms with E-state index in [0.717, 1.165) is 0 Å². The molecule has 0 bridgehead atoms. The van der Waals surface area contributed by atoms with Crippen LogP contribution in [-0.2, 0) is 4.79 Å². The van der Waals surface area contributed by atoms with Crippen molar-refractivity contribution in [2.24, 2.45) is 5.73 Å². The summed E-state index contributed by atoms with van der Waals surface area (Å²) in [6, 6.07) is 2.93. The number of para-hydroxylation sites is 1. The van der Waals surface area contributed by atoms with Gasteiger partial charge in [0.25, 0.3) is 0 Å². The maximum atomic E-state index is 11.6. The van der Waals surface area contributed by atoms with Crippen molar-refractivity contribution in [3.05, 3.63) is 23.8 Å². The molecule has 0 fully saturated rings. The third kappa shape index (κ3) is 2.48. The summed E-state index contributed by atoms with van der Waals surface area (Å²) in [4.78, 5) is 22.1. The lowest BCUT2D eigenvalue weighted by Gasteiger charge is -2.08. The minimum absolute atomic E-state index is 0.0647. The van der Waals surface area contributed by atoms with Gasteiger partial charge in [0.1, 0.15) is 11.8 Å². The number of carbonyl (C=O) groups is 2. The normalized spacial score (nSPS) is 12.1. The van der Waals surface area contributed by atoms with Crippen LogP contribution < -0.4 is 11.5 Å². The zero-order valence-corrected chi connectivity index (χ0v) is 8.38. The molecule has 6 N–H and O–H groups in total. The number of aromatic hydroxyl groups is 1. The standard InChI is InChI=1S/C10H12N2O4/c11-6(10(15)16)4-8(14)5-2-1-3-7(13)9(5)12/h1-3,6,13H,4,11-12H2,(H,15,16)/i1+1,2+1,3+1,5+1,7+1,9+1. The van der Waals surface area contributed by atoms with Crippen molar-refractivity contribution in [2.45, 2.75) is 12.5 Å². The molecule has 1 atom stereocenters. The van der Waals surface area contributed by atoms with E-state index in [9.17, 15) is 14.7 Å². The molecule has 6 nitrogen and oxygen atoms in total. The van der Waals surface area contributed by atoms with E-state index < -0.39 is 17.8 Å². The molecule has 0 aromatic heterocycles. The quantitative estimate of drug-likeness (QED) is 0.326. The van der Waals surface area contributed by atoms with Gasteiger partial charge < -0.3 is 21.7 Å². The first kappa shape index (κ1) is 12.0. The van der Waals surface area contributed by atoms with E-state index in [2.05, 4.69) is 0 Å². The van der Waals surface area contributed by atoms with Crippen LogP contribution in [-0.4, -0.2) is 28.0 Å². The first-order chi connectivity index (χ1) is 7.43. The van der Waals surface area contributed by atoms with E-state index in [0.29, 0.717) is 0 Å². The summed E-state index contributed by atoms with van der Waals surface area (Å²) in [5.74, 6) is -1.98. The van der Waals surface area contributed by atoms with Crippen LogP contribution in [0.1, 0.15) is 16.8 Å². The number of phenols is 1. The Balaban J connectivity index is 2.89. The third-order valence-corrected chi connectivity index (χ3v) is 2.11. The van der Waals surface area contributed by atoms with Gasteiger partial charge in [-0.25, -0.2) is 0 Å². The molecule has 0 radical (unpaired) electrons. The van der Waals surface area contributed by atoms with Gasteiger partial charge in [0, 0.05) is 12.0 Å². The molecule has 86 valence electrons. The maximum absolute atomic E-state index is 11.6. The second kappa shape index (κ2) is 4.63. The fourth-order valence-corrected chi connectivity index (χ4v) is 1.19. The summed E-state index contributed by atoms with van der Waals surface area (Å²) in [5.41, 5.74) is 10.7. The van der Waals surface area contributed by atoms with E-state index in [1.165, 1.54) is 18.2 Å². The van der Waals surface area contributed by atoms with Crippen LogP contribution >= 0.6 is 0 Å². The number of nitrogen functional groups attached to an aromatic ring is 1. The number of aliphatic carboxylic acids is 1. The van der Waals surface area contributed by atoms with Gasteiger partial charge in [0.05, 0.1) is 5.69 Å². The minimum atomic E-state index is -1.27. The molecule has 0 aliphatic rings. The molecule has 6 heteroatoms. The topological polar surface area (TPSA) is 127 Å². The Morgan fingerprint density at radius 1 is 1.38 bits per heavy atom. The van der Waals surface area contributed by atoms with Gasteiger partial charge in [-0.3, -0.25) is 9.59 Å². The Hall–Kier alpha value is -2.08. The Kier molecular flexibility index (Phi) is 3.47. The number of rotatable bonds is 4. The Morgan fingerprint density at radius 3 is 2.56 bits per heavy atom. The van der Waals surface area contributed by atoms with Crippen LogP contribution in [0, 0.1) is 0 Å². The highest BCUT2D eigenvalue weighted by molar-refractivity contribution is 6.03. The molecule has 0 aliphatic carbocycles. The second-order valence-electron chi connectivity index (χ2n) is 3.31. The molecule has 1 aromatic carbocycles. The van der Waals surface area contributed by atoms with Crippen LogP contribution in [0.2, 0.25) is 0 Å². The number of benzene rings is 1. The molecule has 0 amide bonds. The van der Waals surface area contributed by atoms with Crippen molar-refractivity contribution < 1.29 is 19.8 Å². The number of carbonyl (C=O) groups excluding carboxylic acids is 1. The summed E-state index contributed by atoms with van der Waals surface area (Å²) >= 11 is 0. The minimum Gasteiger partial charge on any atom is -0.506 e. The van der Waals surface area contributed by atoms with Gasteiger partial charge in [-0.15, -0.1) is 0 Å². The molecule has 0 saturated heterocycles. The summed E-state index contributed by atoms with van der Waals surface area (Å²) in [5, 5.41) is 17.8. The van der Waals surface area contributed by atoms with Gasteiger partial charge in [0.15, 0.2) is 5.78 Å². The SMILES string of the molecule is NC(CC(=O)[13c]1[13cH][13cH][13cH][13c](O)[13c]1N)C(=O)O. The smallest absolute Gasteiger partial charge is 0.320 e. The molecule has 0 heterocycles. The Bertz CT molecular complexity index is 431. The van der Waals surface area contributed by atoms with E-state index in [1.54, 1.807) is 0 Å². The Labute approximate surface area is 91.5 Å². The number of carboxylic acid groups (broad SMARTS) is 1. The lowest BCUT2D eigenvalue weighted by atomic mass is 10.2. The third-order valence-electron chi connectivity index (χ3n) is 2.11. The lowest BCUT2D eigenvalue weighted by molar-refractivity contribution is -0.138. The van der Waals surface area contributed by atoms with Crippen LogP contribution in [0.3, 0.4) is 0 Å². The highest BCUT2D eigenvalue weighted by Gasteiger charge is 2.19. The molecule has 1 rings (SSSR count). The predicted molar refractivity (Wildman–Crippen MR) is 57.1 cm³/mol. The molecule has 1 aromatic rings. The highest BCUT2D eigenvalue weighted by Crippen LogP contribution is 2.24. The van der Waals surface area contributed by atoms with Gasteiger partial charge >= 0.3 is 5.97 Å². The Morgan fingerprint density at radius 2 is 2.00 bits per heavy atom. The van der Waals surface area contributed by atoms with Crippen molar-refractivity contribution in [2.75, 3.05) is 5.73 Å². The van der Waals surface area contributed by atoms with Gasteiger partial charge in [-0.1, -0.05) is 6.07 Å². The van der Waals surface area contributed by atoms with E-state index in [4.69, 9.17) is 16.6 Å². The maximum Gasteiger partial charge on any atom is 0.320 e. The zero-order valence-electron chi connectivity index (χ0n) is 8.38. The predicted octanol–water partition coefficient (Wildman–Crippen LogP) is -0.0409. The summed E-state index contributed by atoms with van der Waals surface area (Å²) < 4.78 is 0. The number of ketones is 1. The number of carboxylic acids is 1. The fraction of sp³-hybridized carbons (Fsp3) is 0.200. The van der Waals surface area contributed by atoms with Gasteiger partial charge in [-0.2, -0.15) is 0 Å². The summed E-state index contributed by atoms with van der Waals surface area (Å²) in [6.45, 7) is 0. The zero-order chi connectivity index (χ0) is 12.3. The van der Waals surface area contributed by atoms with Gasteiger partial charge in [0.2, 0.25) is 0 Å². The monoisotopic (exact) mass is 230 g/mol. The van der Waals surface area contributed by atoms with Crippen molar-refractivity contribution in [1.29, 1.82) is 0 Å². The number of nitrogens with two attached hydrogens (primary N) is 2. The number of phenolic OH excluding ortho intramolecular Hbond substituents is 1.